The molecule has 0 fully saturated rings. The Morgan fingerprint density at radius 3 is 1.50 bits per heavy atom. The molecule has 0 aromatic heterocycles. The van der Waals surface area contributed by atoms with E-state index in [0.717, 1.165) is 12.4 Å². The van der Waals surface area contributed by atoms with Crippen molar-refractivity contribution < 1.29 is 19.4 Å². The Morgan fingerprint density at radius 2 is 1.13 bits per heavy atom. The molecule has 2 aromatic carbocycles. The van der Waals surface area contributed by atoms with Gasteiger partial charge < -0.3 is 0 Å². The lowest BCUT2D eigenvalue weighted by Gasteiger charge is -2.01. The lowest BCUT2D eigenvalue weighted by Crippen LogP contribution is -2.22. The molecular weight excluding hydrogens is 396 g/mol. The molecule has 30 heavy (non-hydrogen) atoms. The Labute approximate surface area is 169 Å². The summed E-state index contributed by atoms with van der Waals surface area (Å²) in [7, 11) is 0. The van der Waals surface area contributed by atoms with Crippen LogP contribution in [-0.4, -0.2) is 34.1 Å². The third-order valence-corrected chi connectivity index (χ3v) is 3.63. The largest absolute Gasteiger partial charge is 0.278 e. The molecule has 0 saturated heterocycles. The molecule has 0 aliphatic heterocycles. The average Bonchev–Trinajstić information content (AvgIpc) is 2.72. The van der Waals surface area contributed by atoms with Crippen molar-refractivity contribution in [2.45, 2.75) is 12.8 Å². The van der Waals surface area contributed by atoms with Gasteiger partial charge >= 0.3 is 0 Å². The van der Waals surface area contributed by atoms with E-state index in [-0.39, 0.29) is 35.3 Å². The van der Waals surface area contributed by atoms with Crippen molar-refractivity contribution in [2.24, 2.45) is 10.2 Å². The van der Waals surface area contributed by atoms with Crippen LogP contribution < -0.4 is 10.9 Å². The van der Waals surface area contributed by atoms with Gasteiger partial charge in [-0.15, -0.1) is 0 Å². The van der Waals surface area contributed by atoms with Gasteiger partial charge in [-0.05, 0) is 12.1 Å². The number of nitrogens with one attached hydrogen (secondary N) is 2. The number of hydrogen-bond acceptors (Lipinski definition) is 8. The molecule has 0 saturated carbocycles. The highest BCUT2D eigenvalue weighted by Crippen LogP contribution is 2.15. The van der Waals surface area contributed by atoms with E-state index in [0.29, 0.717) is 0 Å². The Bertz CT molecular complexity index is 938. The minimum atomic E-state index is -0.581. The summed E-state index contributed by atoms with van der Waals surface area (Å²) < 4.78 is 0. The van der Waals surface area contributed by atoms with Crippen molar-refractivity contribution in [1.82, 2.24) is 10.9 Å². The average molecular weight is 412 g/mol. The summed E-state index contributed by atoms with van der Waals surface area (Å²) >= 11 is 0. The van der Waals surface area contributed by atoms with Crippen LogP contribution in [0.5, 0.6) is 0 Å². The monoisotopic (exact) mass is 412 g/mol. The fourth-order valence-corrected chi connectivity index (χ4v) is 2.21. The number of rotatable bonds is 9. The van der Waals surface area contributed by atoms with Gasteiger partial charge in [0.25, 0.3) is 11.4 Å². The molecule has 154 valence electrons. The number of para-hydroxylation sites is 2. The molecule has 0 radical (unpaired) electrons. The second kappa shape index (κ2) is 10.8. The molecular formula is C18H16N6O6. The zero-order valence-corrected chi connectivity index (χ0v) is 15.4. The lowest BCUT2D eigenvalue weighted by molar-refractivity contribution is -0.385. The number of nitrogens with zero attached hydrogens (tertiary/aromatic N) is 4. The van der Waals surface area contributed by atoms with Gasteiger partial charge in [-0.3, -0.25) is 29.8 Å². The Morgan fingerprint density at radius 1 is 0.767 bits per heavy atom. The summed E-state index contributed by atoms with van der Waals surface area (Å²) in [5.41, 5.74) is 4.44. The first-order valence-electron chi connectivity index (χ1n) is 8.49. The number of benzene rings is 2. The van der Waals surface area contributed by atoms with Crippen LogP contribution in [0.1, 0.15) is 24.0 Å². The highest BCUT2D eigenvalue weighted by molar-refractivity contribution is 5.89. The molecule has 2 aromatic rings. The van der Waals surface area contributed by atoms with Crippen LogP contribution in [0.3, 0.4) is 0 Å². The van der Waals surface area contributed by atoms with Crippen LogP contribution in [0.25, 0.3) is 0 Å². The van der Waals surface area contributed by atoms with Crippen LogP contribution in [0, 0.1) is 20.2 Å². The van der Waals surface area contributed by atoms with E-state index >= 15 is 0 Å². The van der Waals surface area contributed by atoms with E-state index in [4.69, 9.17) is 0 Å². The summed E-state index contributed by atoms with van der Waals surface area (Å²) in [6.07, 6.45) is 1.85. The van der Waals surface area contributed by atoms with Gasteiger partial charge in [0.2, 0.25) is 11.8 Å². The van der Waals surface area contributed by atoms with Crippen molar-refractivity contribution in [3.8, 4) is 0 Å². The fraction of sp³-hybridized carbons (Fsp3) is 0.111. The number of nitro groups is 2. The minimum absolute atomic E-state index is 0.161. The molecule has 12 heteroatoms. The van der Waals surface area contributed by atoms with E-state index in [2.05, 4.69) is 21.1 Å². The van der Waals surface area contributed by atoms with E-state index < -0.39 is 21.7 Å². The third-order valence-electron chi connectivity index (χ3n) is 3.63. The summed E-state index contributed by atoms with van der Waals surface area (Å²) in [4.78, 5) is 44.1. The summed E-state index contributed by atoms with van der Waals surface area (Å²) in [6, 6.07) is 11.7. The maximum Gasteiger partial charge on any atom is 0.278 e. The Kier molecular flexibility index (Phi) is 7.82. The molecule has 2 N–H and O–H groups in total. The van der Waals surface area contributed by atoms with E-state index in [1.807, 2.05) is 0 Å². The highest BCUT2D eigenvalue weighted by Gasteiger charge is 2.11. The number of nitro benzene ring substituents is 2. The van der Waals surface area contributed by atoms with E-state index in [9.17, 15) is 29.8 Å². The van der Waals surface area contributed by atoms with Gasteiger partial charge in [-0.1, -0.05) is 24.3 Å². The maximum atomic E-state index is 11.7. The second-order valence-electron chi connectivity index (χ2n) is 5.72. The van der Waals surface area contributed by atoms with Gasteiger partial charge in [0.1, 0.15) is 0 Å². The molecule has 0 aliphatic rings. The highest BCUT2D eigenvalue weighted by atomic mass is 16.6. The number of hydrogen-bond donors (Lipinski definition) is 2. The summed E-state index contributed by atoms with van der Waals surface area (Å²) in [5, 5.41) is 29.1. The fourth-order valence-electron chi connectivity index (χ4n) is 2.21. The molecule has 0 aliphatic carbocycles. The second-order valence-corrected chi connectivity index (χ2v) is 5.72. The van der Waals surface area contributed by atoms with Crippen molar-refractivity contribution in [1.29, 1.82) is 0 Å². The first-order valence-corrected chi connectivity index (χ1v) is 8.49. The van der Waals surface area contributed by atoms with Gasteiger partial charge in [0.15, 0.2) is 0 Å². The number of carbonyl (C=O) groups excluding carboxylic acids is 2. The molecule has 0 unspecified atom stereocenters. The molecule has 2 rings (SSSR count). The van der Waals surface area contributed by atoms with E-state index in [1.165, 1.54) is 36.4 Å². The molecule has 0 heterocycles. The first-order chi connectivity index (χ1) is 14.4. The van der Waals surface area contributed by atoms with Gasteiger partial charge in [-0.25, -0.2) is 10.9 Å². The van der Waals surface area contributed by atoms with Crippen LogP contribution in [0.4, 0.5) is 11.4 Å². The standard InChI is InChI=1S/C18H16N6O6/c25-17(21-19-11-13-5-1-3-7-15(13)23(27)28)9-10-18(26)22-20-12-14-6-2-4-8-16(14)24(29)30/h1-8,11-12H,9-10H2,(H,21,25)(H,22,26)/b19-11-,20-12+. The maximum absolute atomic E-state index is 11.7. The normalized spacial score (nSPS) is 10.8. The van der Waals surface area contributed by atoms with Crippen LogP contribution >= 0.6 is 0 Å². The Balaban J connectivity index is 1.79. The Hall–Kier alpha value is -4.48. The third kappa shape index (κ3) is 6.60. The van der Waals surface area contributed by atoms with Crippen molar-refractivity contribution in [3.63, 3.8) is 0 Å². The topological polar surface area (TPSA) is 169 Å². The minimum Gasteiger partial charge on any atom is -0.273 e. The molecule has 2 amide bonds. The van der Waals surface area contributed by atoms with Gasteiger partial charge in [0.05, 0.1) is 33.4 Å². The molecule has 0 spiro atoms. The van der Waals surface area contributed by atoms with Crippen molar-refractivity contribution in [2.75, 3.05) is 0 Å². The van der Waals surface area contributed by atoms with E-state index in [1.54, 1.807) is 12.1 Å². The lowest BCUT2D eigenvalue weighted by atomic mass is 10.2. The van der Waals surface area contributed by atoms with Crippen LogP contribution in [-0.2, 0) is 9.59 Å². The smallest absolute Gasteiger partial charge is 0.273 e. The molecule has 0 atom stereocenters. The SMILES string of the molecule is O=C(CCC(=O)N/N=C/c1ccccc1[N+](=O)[O-])N/N=C\c1ccccc1[N+](=O)[O-]. The van der Waals surface area contributed by atoms with Gasteiger partial charge in [0, 0.05) is 25.0 Å². The predicted molar refractivity (Wildman–Crippen MR) is 107 cm³/mol. The quantitative estimate of drug-likeness (QED) is 0.362. The molecule has 12 nitrogen and oxygen atoms in total. The van der Waals surface area contributed by atoms with Crippen molar-refractivity contribution in [3.05, 3.63) is 79.9 Å². The van der Waals surface area contributed by atoms with Gasteiger partial charge in [-0.2, -0.15) is 10.2 Å². The zero-order chi connectivity index (χ0) is 21.9. The number of amides is 2. The van der Waals surface area contributed by atoms with Crippen LogP contribution in [0.2, 0.25) is 0 Å². The summed E-state index contributed by atoms with van der Waals surface area (Å²) in [6.45, 7) is 0. The number of hydrazone groups is 2. The number of carbonyl (C=O) groups is 2. The van der Waals surface area contributed by atoms with Crippen molar-refractivity contribution >= 4 is 35.6 Å². The molecule has 0 bridgehead atoms. The summed E-state index contributed by atoms with van der Waals surface area (Å²) in [5.74, 6) is -1.16. The van der Waals surface area contributed by atoms with Crippen LogP contribution in [0.15, 0.2) is 58.7 Å². The first kappa shape index (κ1) is 21.8. The zero-order valence-electron chi connectivity index (χ0n) is 15.4. The predicted octanol–water partition coefficient (Wildman–Crippen LogP) is 1.88.